The first-order chi connectivity index (χ1) is 7.31. The van der Waals surface area contributed by atoms with Gasteiger partial charge in [-0.1, -0.05) is 24.3 Å². The van der Waals surface area contributed by atoms with Crippen LogP contribution in [0.2, 0.25) is 0 Å². The van der Waals surface area contributed by atoms with Crippen LogP contribution in [0.25, 0.3) is 0 Å². The minimum Gasteiger partial charge on any atom is -0.330 e. The first kappa shape index (κ1) is 10.4. The van der Waals surface area contributed by atoms with Crippen LogP contribution in [0.4, 0.5) is 0 Å². The number of carbonyl (C=O) groups excluding carboxylic acids is 1. The van der Waals surface area contributed by atoms with E-state index in [9.17, 15) is 4.79 Å². The van der Waals surface area contributed by atoms with E-state index in [1.165, 1.54) is 12.8 Å². The lowest BCUT2D eigenvalue weighted by Gasteiger charge is -2.06. The predicted octanol–water partition coefficient (Wildman–Crippen LogP) is 2.17. The Bertz CT molecular complexity index is 355. The summed E-state index contributed by atoms with van der Waals surface area (Å²) in [4.78, 5) is 11.9. The number of benzene rings is 1. The molecule has 2 heteroatoms. The van der Waals surface area contributed by atoms with Crippen molar-refractivity contribution in [3.8, 4) is 0 Å². The number of ketones is 1. The first-order valence-corrected chi connectivity index (χ1v) is 5.62. The highest BCUT2D eigenvalue weighted by Crippen LogP contribution is 2.33. The van der Waals surface area contributed by atoms with E-state index in [0.29, 0.717) is 18.2 Å². The van der Waals surface area contributed by atoms with E-state index in [2.05, 4.69) is 0 Å². The normalized spacial score (nSPS) is 15.3. The summed E-state index contributed by atoms with van der Waals surface area (Å²) < 4.78 is 0. The molecule has 0 radical (unpaired) electrons. The number of carbonyl (C=O) groups is 1. The van der Waals surface area contributed by atoms with Crippen LogP contribution >= 0.6 is 0 Å². The Morgan fingerprint density at radius 3 is 2.73 bits per heavy atom. The van der Waals surface area contributed by atoms with E-state index in [1.54, 1.807) is 0 Å². The van der Waals surface area contributed by atoms with Crippen molar-refractivity contribution in [2.24, 2.45) is 11.7 Å². The molecule has 1 aromatic carbocycles. The standard InChI is InChI=1S/C13H17NO/c14-8-7-11-3-1-2-4-12(11)13(15)9-10-5-6-10/h1-4,10H,5-9,14H2. The van der Waals surface area contributed by atoms with Crippen LogP contribution in [0.1, 0.15) is 35.2 Å². The molecule has 0 aliphatic heterocycles. The maximum absolute atomic E-state index is 11.9. The van der Waals surface area contributed by atoms with Gasteiger partial charge < -0.3 is 5.73 Å². The molecule has 0 spiro atoms. The fourth-order valence-corrected chi connectivity index (χ4v) is 1.86. The molecule has 0 saturated heterocycles. The molecule has 15 heavy (non-hydrogen) atoms. The molecule has 0 amide bonds. The summed E-state index contributed by atoms with van der Waals surface area (Å²) >= 11 is 0. The third kappa shape index (κ3) is 2.66. The lowest BCUT2D eigenvalue weighted by molar-refractivity contribution is 0.0975. The van der Waals surface area contributed by atoms with E-state index in [4.69, 9.17) is 5.73 Å². The Kier molecular flexibility index (Phi) is 3.17. The second-order valence-corrected chi connectivity index (χ2v) is 4.27. The van der Waals surface area contributed by atoms with Gasteiger partial charge in [0.05, 0.1) is 0 Å². The summed E-state index contributed by atoms with van der Waals surface area (Å²) in [7, 11) is 0. The van der Waals surface area contributed by atoms with Crippen LogP contribution in [-0.2, 0) is 6.42 Å². The van der Waals surface area contributed by atoms with E-state index < -0.39 is 0 Å². The van der Waals surface area contributed by atoms with Crippen molar-refractivity contribution in [2.75, 3.05) is 6.54 Å². The quantitative estimate of drug-likeness (QED) is 0.745. The zero-order valence-corrected chi connectivity index (χ0v) is 8.91. The van der Waals surface area contributed by atoms with Gasteiger partial charge in [-0.2, -0.15) is 0 Å². The SMILES string of the molecule is NCCc1ccccc1C(=O)CC1CC1. The molecular weight excluding hydrogens is 186 g/mol. The van der Waals surface area contributed by atoms with Crippen molar-refractivity contribution in [3.63, 3.8) is 0 Å². The van der Waals surface area contributed by atoms with Crippen LogP contribution in [0.3, 0.4) is 0 Å². The summed E-state index contributed by atoms with van der Waals surface area (Å²) in [6.45, 7) is 0.605. The fraction of sp³-hybridized carbons (Fsp3) is 0.462. The van der Waals surface area contributed by atoms with Crippen LogP contribution < -0.4 is 5.73 Å². The molecular formula is C13H17NO. The van der Waals surface area contributed by atoms with Gasteiger partial charge in [-0.3, -0.25) is 4.79 Å². The largest absolute Gasteiger partial charge is 0.330 e. The highest BCUT2D eigenvalue weighted by atomic mass is 16.1. The maximum Gasteiger partial charge on any atom is 0.163 e. The third-order valence-corrected chi connectivity index (χ3v) is 2.90. The van der Waals surface area contributed by atoms with E-state index in [0.717, 1.165) is 24.0 Å². The molecule has 1 saturated carbocycles. The second-order valence-electron chi connectivity index (χ2n) is 4.27. The molecule has 0 heterocycles. The highest BCUT2D eigenvalue weighted by Gasteiger charge is 2.25. The third-order valence-electron chi connectivity index (χ3n) is 2.90. The van der Waals surface area contributed by atoms with Gasteiger partial charge in [0.15, 0.2) is 5.78 Å². The molecule has 0 unspecified atom stereocenters. The summed E-state index contributed by atoms with van der Waals surface area (Å²) in [5.74, 6) is 0.949. The second kappa shape index (κ2) is 4.58. The predicted molar refractivity (Wildman–Crippen MR) is 60.9 cm³/mol. The zero-order valence-electron chi connectivity index (χ0n) is 8.91. The van der Waals surface area contributed by atoms with Crippen molar-refractivity contribution in [1.82, 2.24) is 0 Å². The Labute approximate surface area is 90.5 Å². The van der Waals surface area contributed by atoms with Gasteiger partial charge in [0.1, 0.15) is 0 Å². The van der Waals surface area contributed by atoms with E-state index >= 15 is 0 Å². The van der Waals surface area contributed by atoms with Crippen LogP contribution in [0, 0.1) is 5.92 Å². The number of hydrogen-bond donors (Lipinski definition) is 1. The summed E-state index contributed by atoms with van der Waals surface area (Å²) in [5.41, 5.74) is 7.52. The smallest absolute Gasteiger partial charge is 0.163 e. The van der Waals surface area contributed by atoms with Gasteiger partial charge in [0.25, 0.3) is 0 Å². The number of rotatable bonds is 5. The van der Waals surface area contributed by atoms with E-state index in [1.807, 2.05) is 24.3 Å². The van der Waals surface area contributed by atoms with Crippen molar-refractivity contribution in [1.29, 1.82) is 0 Å². The maximum atomic E-state index is 11.9. The monoisotopic (exact) mass is 203 g/mol. The number of Topliss-reactive ketones (excluding diaryl/α,β-unsaturated/α-hetero) is 1. The molecule has 2 N–H and O–H groups in total. The Hall–Kier alpha value is -1.15. The lowest BCUT2D eigenvalue weighted by atomic mass is 9.98. The topological polar surface area (TPSA) is 43.1 Å². The molecule has 0 atom stereocenters. The summed E-state index contributed by atoms with van der Waals surface area (Å²) in [5, 5.41) is 0. The Morgan fingerprint density at radius 1 is 1.33 bits per heavy atom. The van der Waals surface area contributed by atoms with Crippen LogP contribution in [-0.4, -0.2) is 12.3 Å². The average molecular weight is 203 g/mol. The molecule has 80 valence electrons. The molecule has 1 aliphatic rings. The fourth-order valence-electron chi connectivity index (χ4n) is 1.86. The van der Waals surface area contributed by atoms with Gasteiger partial charge in [-0.05, 0) is 37.3 Å². The van der Waals surface area contributed by atoms with Gasteiger partial charge in [0, 0.05) is 12.0 Å². The highest BCUT2D eigenvalue weighted by molar-refractivity contribution is 5.97. The van der Waals surface area contributed by atoms with Crippen LogP contribution in [0.5, 0.6) is 0 Å². The van der Waals surface area contributed by atoms with Gasteiger partial charge in [-0.25, -0.2) is 0 Å². The average Bonchev–Trinajstić information content (AvgIpc) is 3.03. The zero-order chi connectivity index (χ0) is 10.7. The van der Waals surface area contributed by atoms with Gasteiger partial charge >= 0.3 is 0 Å². The molecule has 0 aromatic heterocycles. The molecule has 1 aromatic rings. The minimum absolute atomic E-state index is 0.293. The molecule has 1 aliphatic carbocycles. The summed E-state index contributed by atoms with van der Waals surface area (Å²) in [6.07, 6.45) is 3.98. The summed E-state index contributed by atoms with van der Waals surface area (Å²) in [6, 6.07) is 7.84. The van der Waals surface area contributed by atoms with Gasteiger partial charge in [0.2, 0.25) is 0 Å². The Morgan fingerprint density at radius 2 is 2.07 bits per heavy atom. The Balaban J connectivity index is 2.13. The number of hydrogen-bond acceptors (Lipinski definition) is 2. The van der Waals surface area contributed by atoms with Crippen molar-refractivity contribution < 1.29 is 4.79 Å². The molecule has 2 rings (SSSR count). The lowest BCUT2D eigenvalue weighted by Crippen LogP contribution is -2.09. The minimum atomic E-state index is 0.293. The van der Waals surface area contributed by atoms with Crippen molar-refractivity contribution >= 4 is 5.78 Å². The first-order valence-electron chi connectivity index (χ1n) is 5.62. The van der Waals surface area contributed by atoms with E-state index in [-0.39, 0.29) is 0 Å². The van der Waals surface area contributed by atoms with Crippen molar-refractivity contribution in [2.45, 2.75) is 25.7 Å². The molecule has 1 fully saturated rings. The van der Waals surface area contributed by atoms with Crippen molar-refractivity contribution in [3.05, 3.63) is 35.4 Å². The van der Waals surface area contributed by atoms with Crippen LogP contribution in [0.15, 0.2) is 24.3 Å². The van der Waals surface area contributed by atoms with Gasteiger partial charge in [-0.15, -0.1) is 0 Å². The molecule has 0 bridgehead atoms. The molecule has 2 nitrogen and oxygen atoms in total. The number of nitrogens with two attached hydrogens (primary N) is 1.